The second-order valence-corrected chi connectivity index (χ2v) is 4.73. The third-order valence-electron chi connectivity index (χ3n) is 3.03. The van der Waals surface area contributed by atoms with Crippen molar-refractivity contribution in [3.8, 4) is 11.8 Å². The Morgan fingerprint density at radius 1 is 1.47 bits per heavy atom. The third-order valence-corrected chi connectivity index (χ3v) is 3.03. The summed E-state index contributed by atoms with van der Waals surface area (Å²) in [5, 5.41) is 11.7. The van der Waals surface area contributed by atoms with Crippen LogP contribution in [0.15, 0.2) is 18.2 Å². The number of rotatable bonds is 4. The van der Waals surface area contributed by atoms with Crippen molar-refractivity contribution >= 4 is 5.91 Å². The zero-order valence-corrected chi connectivity index (χ0v) is 11.8. The molecule has 0 aliphatic heterocycles. The molecule has 1 aromatic rings. The lowest BCUT2D eigenvalue weighted by atomic mass is 10.0. The fourth-order valence-corrected chi connectivity index (χ4v) is 1.60. The molecule has 0 radical (unpaired) electrons. The van der Waals surface area contributed by atoms with E-state index in [0.29, 0.717) is 23.6 Å². The van der Waals surface area contributed by atoms with E-state index in [9.17, 15) is 4.79 Å². The monoisotopic (exact) mass is 259 g/mol. The molecule has 3 nitrogen and oxygen atoms in total. The first kappa shape index (κ1) is 15.3. The number of nitrogens with one attached hydrogen (secondary N) is 1. The Labute approximate surface area is 115 Å². The molecule has 1 rings (SSSR count). The van der Waals surface area contributed by atoms with Crippen molar-refractivity contribution in [3.05, 3.63) is 34.9 Å². The highest BCUT2D eigenvalue weighted by molar-refractivity contribution is 5.96. The van der Waals surface area contributed by atoms with Gasteiger partial charge in [-0.05, 0) is 30.5 Å². The molecule has 102 valence electrons. The van der Waals surface area contributed by atoms with E-state index in [1.54, 1.807) is 6.07 Å². The summed E-state index contributed by atoms with van der Waals surface area (Å²) in [6.45, 7) is 6.60. The van der Waals surface area contributed by atoms with Gasteiger partial charge in [-0.25, -0.2) is 0 Å². The van der Waals surface area contributed by atoms with E-state index in [1.165, 1.54) is 0 Å². The highest BCUT2D eigenvalue weighted by atomic mass is 16.2. The Kier molecular flexibility index (Phi) is 6.11. The van der Waals surface area contributed by atoms with E-state index in [2.05, 4.69) is 31.0 Å². The molecule has 0 saturated heterocycles. The molecule has 2 N–H and O–H groups in total. The number of carbonyl (C=O) groups is 1. The maximum Gasteiger partial charge on any atom is 0.252 e. The van der Waals surface area contributed by atoms with E-state index in [0.717, 1.165) is 12.0 Å². The molecule has 0 heterocycles. The molecule has 0 fully saturated rings. The normalized spacial score (nSPS) is 11.4. The summed E-state index contributed by atoms with van der Waals surface area (Å²) in [6, 6.07) is 5.53. The molecule has 1 unspecified atom stereocenters. The summed E-state index contributed by atoms with van der Waals surface area (Å²) >= 11 is 0. The fraction of sp³-hybridized carbons (Fsp3) is 0.438. The van der Waals surface area contributed by atoms with Gasteiger partial charge >= 0.3 is 0 Å². The molecule has 0 bridgehead atoms. The molecular formula is C16H21NO2. The zero-order valence-electron chi connectivity index (χ0n) is 11.8. The topological polar surface area (TPSA) is 49.3 Å². The maximum atomic E-state index is 12.1. The minimum Gasteiger partial charge on any atom is -0.384 e. The Morgan fingerprint density at radius 2 is 2.21 bits per heavy atom. The summed E-state index contributed by atoms with van der Waals surface area (Å²) in [5.41, 5.74) is 2.27. The average Bonchev–Trinajstić information content (AvgIpc) is 2.42. The van der Waals surface area contributed by atoms with Gasteiger partial charge in [-0.2, -0.15) is 0 Å². The van der Waals surface area contributed by atoms with Crippen LogP contribution in [0.25, 0.3) is 0 Å². The summed E-state index contributed by atoms with van der Waals surface area (Å²) in [5.74, 6) is 5.76. The molecule has 1 atom stereocenters. The summed E-state index contributed by atoms with van der Waals surface area (Å²) < 4.78 is 0. The van der Waals surface area contributed by atoms with Crippen molar-refractivity contribution in [1.29, 1.82) is 0 Å². The van der Waals surface area contributed by atoms with Gasteiger partial charge in [0, 0.05) is 12.1 Å². The highest BCUT2D eigenvalue weighted by Gasteiger charge is 2.11. The van der Waals surface area contributed by atoms with Gasteiger partial charge in [-0.15, -0.1) is 0 Å². The second-order valence-electron chi connectivity index (χ2n) is 4.73. The van der Waals surface area contributed by atoms with Crippen molar-refractivity contribution in [2.45, 2.75) is 27.2 Å². The standard InChI is InChI=1S/C16H21NO2/c1-4-12(2)11-17-16(19)15-8-7-13(3)10-14(15)6-5-9-18/h7-8,10,12,18H,4,9,11H2,1-3H3,(H,17,19). The number of amides is 1. The molecule has 0 spiro atoms. The number of aliphatic hydroxyl groups is 1. The van der Waals surface area contributed by atoms with Gasteiger partial charge in [-0.1, -0.05) is 38.2 Å². The molecule has 0 aliphatic carbocycles. The van der Waals surface area contributed by atoms with Crippen molar-refractivity contribution in [2.24, 2.45) is 5.92 Å². The number of aryl methyl sites for hydroxylation is 1. The van der Waals surface area contributed by atoms with Crippen molar-refractivity contribution in [3.63, 3.8) is 0 Å². The minimum absolute atomic E-state index is 0.109. The van der Waals surface area contributed by atoms with Crippen LogP contribution in [0, 0.1) is 24.7 Å². The summed E-state index contributed by atoms with van der Waals surface area (Å²) in [6.07, 6.45) is 1.03. The van der Waals surface area contributed by atoms with Gasteiger partial charge in [-0.3, -0.25) is 4.79 Å². The van der Waals surface area contributed by atoms with Crippen LogP contribution in [0.5, 0.6) is 0 Å². The lowest BCUT2D eigenvalue weighted by molar-refractivity contribution is 0.0947. The first-order chi connectivity index (χ1) is 9.08. The van der Waals surface area contributed by atoms with E-state index in [4.69, 9.17) is 5.11 Å². The number of hydrogen-bond acceptors (Lipinski definition) is 2. The number of carbonyl (C=O) groups excluding carboxylic acids is 1. The second kappa shape index (κ2) is 7.60. The van der Waals surface area contributed by atoms with Crippen LogP contribution in [-0.4, -0.2) is 24.2 Å². The molecule has 1 amide bonds. The molecule has 0 aliphatic rings. The molecule has 3 heteroatoms. The maximum absolute atomic E-state index is 12.1. The predicted octanol–water partition coefficient (Wildman–Crippen LogP) is 2.11. The Balaban J connectivity index is 2.89. The van der Waals surface area contributed by atoms with Gasteiger partial charge in [0.15, 0.2) is 0 Å². The van der Waals surface area contributed by atoms with Gasteiger partial charge in [0.1, 0.15) is 6.61 Å². The predicted molar refractivity (Wildman–Crippen MR) is 76.9 cm³/mol. The first-order valence-electron chi connectivity index (χ1n) is 6.57. The lowest BCUT2D eigenvalue weighted by Crippen LogP contribution is -2.28. The highest BCUT2D eigenvalue weighted by Crippen LogP contribution is 2.11. The Bertz CT molecular complexity index is 497. The summed E-state index contributed by atoms with van der Waals surface area (Å²) in [4.78, 5) is 12.1. The zero-order chi connectivity index (χ0) is 14.3. The quantitative estimate of drug-likeness (QED) is 0.814. The molecule has 1 aromatic carbocycles. The third kappa shape index (κ3) is 4.76. The molecule has 0 saturated carbocycles. The van der Waals surface area contributed by atoms with Crippen LogP contribution >= 0.6 is 0 Å². The van der Waals surface area contributed by atoms with Crippen LogP contribution in [0.1, 0.15) is 41.8 Å². The molecular weight excluding hydrogens is 238 g/mol. The van der Waals surface area contributed by atoms with Gasteiger partial charge < -0.3 is 10.4 Å². The SMILES string of the molecule is CCC(C)CNC(=O)c1ccc(C)cc1C#CCO. The van der Waals surface area contributed by atoms with Crippen molar-refractivity contribution in [2.75, 3.05) is 13.2 Å². The van der Waals surface area contributed by atoms with Crippen LogP contribution in [0.3, 0.4) is 0 Å². The summed E-state index contributed by atoms with van der Waals surface area (Å²) in [7, 11) is 0. The van der Waals surface area contributed by atoms with Crippen LogP contribution in [0.4, 0.5) is 0 Å². The number of hydrogen-bond donors (Lipinski definition) is 2. The van der Waals surface area contributed by atoms with Gasteiger partial charge in [0.2, 0.25) is 0 Å². The molecule has 19 heavy (non-hydrogen) atoms. The fourth-order valence-electron chi connectivity index (χ4n) is 1.60. The van der Waals surface area contributed by atoms with Crippen LogP contribution in [0.2, 0.25) is 0 Å². The minimum atomic E-state index is -0.206. The largest absolute Gasteiger partial charge is 0.384 e. The van der Waals surface area contributed by atoms with E-state index in [-0.39, 0.29) is 12.5 Å². The Morgan fingerprint density at radius 3 is 2.84 bits per heavy atom. The Hall–Kier alpha value is -1.79. The molecule has 0 aromatic heterocycles. The average molecular weight is 259 g/mol. The van der Waals surface area contributed by atoms with Crippen molar-refractivity contribution in [1.82, 2.24) is 5.32 Å². The van der Waals surface area contributed by atoms with Crippen LogP contribution < -0.4 is 5.32 Å². The first-order valence-corrected chi connectivity index (χ1v) is 6.57. The van der Waals surface area contributed by atoms with E-state index in [1.807, 2.05) is 19.1 Å². The van der Waals surface area contributed by atoms with Gasteiger partial charge in [0.25, 0.3) is 5.91 Å². The van der Waals surface area contributed by atoms with E-state index >= 15 is 0 Å². The number of aliphatic hydroxyl groups excluding tert-OH is 1. The smallest absolute Gasteiger partial charge is 0.252 e. The van der Waals surface area contributed by atoms with Crippen molar-refractivity contribution < 1.29 is 9.90 Å². The van der Waals surface area contributed by atoms with Gasteiger partial charge in [0.05, 0.1) is 5.56 Å². The lowest BCUT2D eigenvalue weighted by Gasteiger charge is -2.11. The number of benzene rings is 1. The van der Waals surface area contributed by atoms with Crippen LogP contribution in [-0.2, 0) is 0 Å². The van der Waals surface area contributed by atoms with E-state index < -0.39 is 0 Å².